The first kappa shape index (κ1) is 13.9. The second-order valence-corrected chi connectivity index (χ2v) is 4.72. The summed E-state index contributed by atoms with van der Waals surface area (Å²) in [6.07, 6.45) is 4.92. The summed E-state index contributed by atoms with van der Waals surface area (Å²) >= 11 is 0. The number of hydrogen-bond acceptors (Lipinski definition) is 4. The summed E-state index contributed by atoms with van der Waals surface area (Å²) < 4.78 is 4.94. The van der Waals surface area contributed by atoms with Gasteiger partial charge >= 0.3 is 0 Å². The van der Waals surface area contributed by atoms with Gasteiger partial charge < -0.3 is 15.2 Å². The summed E-state index contributed by atoms with van der Waals surface area (Å²) in [5.41, 5.74) is 0.679. The number of methoxy groups -OCH3 is 1. The van der Waals surface area contributed by atoms with Crippen LogP contribution in [0, 0.1) is 17.2 Å². The third-order valence-corrected chi connectivity index (χ3v) is 3.16. The maximum absolute atomic E-state index is 11.7. The second-order valence-electron chi connectivity index (χ2n) is 4.72. The van der Waals surface area contributed by atoms with Gasteiger partial charge in [0.2, 0.25) is 5.91 Å². The normalized spacial score (nSPS) is 15.6. The van der Waals surface area contributed by atoms with Gasteiger partial charge in [-0.2, -0.15) is 5.26 Å². The highest BCUT2D eigenvalue weighted by Gasteiger charge is 2.31. The summed E-state index contributed by atoms with van der Waals surface area (Å²) in [6.45, 7) is 0. The van der Waals surface area contributed by atoms with E-state index in [0.717, 1.165) is 12.8 Å². The van der Waals surface area contributed by atoms with Crippen LogP contribution >= 0.6 is 0 Å². The number of carbonyl (C=O) groups excluding carboxylic acids is 1. The molecule has 1 aliphatic rings. The van der Waals surface area contributed by atoms with Gasteiger partial charge in [0.25, 0.3) is 0 Å². The van der Waals surface area contributed by atoms with Crippen LogP contribution in [-0.4, -0.2) is 24.2 Å². The van der Waals surface area contributed by atoms with E-state index in [0.29, 0.717) is 17.2 Å². The fourth-order valence-corrected chi connectivity index (χ4v) is 1.87. The Hall–Kier alpha value is -2.48. The lowest BCUT2D eigenvalue weighted by atomic mass is 10.1. The lowest BCUT2D eigenvalue weighted by molar-refractivity contribution is -0.116. The molecule has 1 unspecified atom stereocenters. The minimum absolute atomic E-state index is 0.0166. The van der Waals surface area contributed by atoms with E-state index in [1.807, 2.05) is 0 Å². The second kappa shape index (κ2) is 6.11. The van der Waals surface area contributed by atoms with Gasteiger partial charge in [0, 0.05) is 6.08 Å². The number of rotatable bonds is 5. The van der Waals surface area contributed by atoms with E-state index < -0.39 is 6.04 Å². The molecule has 1 fully saturated rings. The minimum Gasteiger partial charge on any atom is -0.504 e. The molecule has 1 saturated carbocycles. The average Bonchev–Trinajstić information content (AvgIpc) is 3.27. The fourth-order valence-electron chi connectivity index (χ4n) is 1.87. The predicted molar refractivity (Wildman–Crippen MR) is 74.0 cm³/mol. The summed E-state index contributed by atoms with van der Waals surface area (Å²) in [4.78, 5) is 11.7. The molecule has 1 aromatic rings. The first-order chi connectivity index (χ1) is 9.63. The molecule has 0 saturated heterocycles. The predicted octanol–water partition coefficient (Wildman–Crippen LogP) is 1.83. The summed E-state index contributed by atoms with van der Waals surface area (Å²) in [7, 11) is 1.47. The Morgan fingerprint density at radius 3 is 2.90 bits per heavy atom. The first-order valence-electron chi connectivity index (χ1n) is 6.39. The zero-order valence-corrected chi connectivity index (χ0v) is 11.2. The van der Waals surface area contributed by atoms with Crippen LogP contribution in [0.3, 0.4) is 0 Å². The van der Waals surface area contributed by atoms with Gasteiger partial charge in [0.15, 0.2) is 11.5 Å². The topological polar surface area (TPSA) is 82.3 Å². The number of aromatic hydroxyl groups is 1. The number of nitriles is 1. The highest BCUT2D eigenvalue weighted by molar-refractivity contribution is 5.92. The molecular weight excluding hydrogens is 256 g/mol. The molecule has 2 N–H and O–H groups in total. The first-order valence-corrected chi connectivity index (χ1v) is 6.39. The van der Waals surface area contributed by atoms with Gasteiger partial charge in [0.1, 0.15) is 6.04 Å². The van der Waals surface area contributed by atoms with Crippen LogP contribution in [-0.2, 0) is 4.79 Å². The van der Waals surface area contributed by atoms with Crippen LogP contribution in [0.25, 0.3) is 6.08 Å². The van der Waals surface area contributed by atoms with Gasteiger partial charge in [-0.3, -0.25) is 4.79 Å². The van der Waals surface area contributed by atoms with Crippen molar-refractivity contribution in [1.82, 2.24) is 5.32 Å². The maximum atomic E-state index is 11.7. The molecular formula is C15H16N2O3. The van der Waals surface area contributed by atoms with Crippen molar-refractivity contribution in [2.75, 3.05) is 7.11 Å². The zero-order chi connectivity index (χ0) is 14.5. The van der Waals surface area contributed by atoms with Crippen molar-refractivity contribution in [2.45, 2.75) is 18.9 Å². The number of nitrogens with zero attached hydrogens (tertiary/aromatic N) is 1. The molecule has 2 rings (SSSR count). The maximum Gasteiger partial charge on any atom is 0.245 e. The van der Waals surface area contributed by atoms with E-state index in [1.165, 1.54) is 19.3 Å². The number of benzene rings is 1. The Kier molecular flexibility index (Phi) is 4.26. The molecule has 0 aromatic heterocycles. The summed E-state index contributed by atoms with van der Waals surface area (Å²) in [6, 6.07) is 6.54. The van der Waals surface area contributed by atoms with Crippen molar-refractivity contribution in [1.29, 1.82) is 5.26 Å². The van der Waals surface area contributed by atoms with Crippen molar-refractivity contribution in [3.8, 4) is 17.6 Å². The lowest BCUT2D eigenvalue weighted by Gasteiger charge is -2.07. The van der Waals surface area contributed by atoms with Crippen LogP contribution in [0.1, 0.15) is 18.4 Å². The third kappa shape index (κ3) is 3.51. The molecule has 104 valence electrons. The van der Waals surface area contributed by atoms with Crippen molar-refractivity contribution >= 4 is 12.0 Å². The van der Waals surface area contributed by atoms with Gasteiger partial charge in [0.05, 0.1) is 13.2 Å². The van der Waals surface area contributed by atoms with E-state index in [9.17, 15) is 9.90 Å². The standard InChI is InChI=1S/C15H16N2O3/c1-20-14-6-2-10(8-13(14)18)3-7-15(19)17-12(9-16)11-4-5-11/h2-3,6-8,11-12,18H,4-5H2,1H3,(H,17,19)/b7-3+. The van der Waals surface area contributed by atoms with Gasteiger partial charge in [-0.05, 0) is 42.5 Å². The molecule has 0 heterocycles. The molecule has 1 amide bonds. The van der Waals surface area contributed by atoms with Crippen LogP contribution in [0.15, 0.2) is 24.3 Å². The van der Waals surface area contributed by atoms with Crippen LogP contribution in [0.5, 0.6) is 11.5 Å². The highest BCUT2D eigenvalue weighted by Crippen LogP contribution is 2.32. The largest absolute Gasteiger partial charge is 0.504 e. The Morgan fingerprint density at radius 1 is 1.60 bits per heavy atom. The molecule has 0 aliphatic heterocycles. The Bertz CT molecular complexity index is 571. The molecule has 0 radical (unpaired) electrons. The summed E-state index contributed by atoms with van der Waals surface area (Å²) in [5, 5.41) is 21.2. The van der Waals surface area contributed by atoms with E-state index >= 15 is 0 Å². The van der Waals surface area contributed by atoms with Gasteiger partial charge in [-0.25, -0.2) is 0 Å². The summed E-state index contributed by atoms with van der Waals surface area (Å²) in [5.74, 6) is 0.383. The number of nitrogens with one attached hydrogen (secondary N) is 1. The minimum atomic E-state index is -0.406. The SMILES string of the molecule is COc1ccc(/C=C/C(=O)NC(C#N)C2CC2)cc1O. The number of hydrogen-bond donors (Lipinski definition) is 2. The monoisotopic (exact) mass is 272 g/mol. The van der Waals surface area contributed by atoms with Crippen LogP contribution in [0.4, 0.5) is 0 Å². The number of carbonyl (C=O) groups is 1. The number of amides is 1. The van der Waals surface area contributed by atoms with E-state index in [1.54, 1.807) is 18.2 Å². The molecule has 1 aromatic carbocycles. The molecule has 1 atom stereocenters. The van der Waals surface area contributed by atoms with Crippen LogP contribution in [0.2, 0.25) is 0 Å². The van der Waals surface area contributed by atoms with E-state index in [-0.39, 0.29) is 11.7 Å². The van der Waals surface area contributed by atoms with Crippen molar-refractivity contribution < 1.29 is 14.6 Å². The smallest absolute Gasteiger partial charge is 0.245 e. The quantitative estimate of drug-likeness (QED) is 0.801. The zero-order valence-electron chi connectivity index (χ0n) is 11.2. The molecule has 0 spiro atoms. The van der Waals surface area contributed by atoms with E-state index in [2.05, 4.69) is 11.4 Å². The molecule has 20 heavy (non-hydrogen) atoms. The Labute approximate surface area is 117 Å². The number of ether oxygens (including phenoxy) is 1. The van der Waals surface area contributed by atoms with Crippen molar-refractivity contribution in [3.05, 3.63) is 29.8 Å². The molecule has 5 nitrogen and oxygen atoms in total. The molecule has 5 heteroatoms. The van der Waals surface area contributed by atoms with Crippen molar-refractivity contribution in [3.63, 3.8) is 0 Å². The third-order valence-electron chi connectivity index (χ3n) is 3.16. The number of phenols is 1. The average molecular weight is 272 g/mol. The number of phenolic OH excluding ortho intramolecular Hbond substituents is 1. The Balaban J connectivity index is 1.96. The van der Waals surface area contributed by atoms with Crippen LogP contribution < -0.4 is 10.1 Å². The highest BCUT2D eigenvalue weighted by atomic mass is 16.5. The van der Waals surface area contributed by atoms with E-state index in [4.69, 9.17) is 10.00 Å². The lowest BCUT2D eigenvalue weighted by Crippen LogP contribution is -2.33. The molecule has 0 bridgehead atoms. The Morgan fingerprint density at radius 2 is 2.35 bits per heavy atom. The van der Waals surface area contributed by atoms with Crippen molar-refractivity contribution in [2.24, 2.45) is 5.92 Å². The van der Waals surface area contributed by atoms with Gasteiger partial charge in [-0.15, -0.1) is 0 Å². The van der Waals surface area contributed by atoms with Gasteiger partial charge in [-0.1, -0.05) is 6.07 Å². The molecule has 1 aliphatic carbocycles. The fraction of sp³-hybridized carbons (Fsp3) is 0.333.